The van der Waals surface area contributed by atoms with Crippen molar-refractivity contribution >= 4 is 5.97 Å². The average Bonchev–Trinajstić information content (AvgIpc) is 2.41. The molecule has 3 nitrogen and oxygen atoms in total. The highest BCUT2D eigenvalue weighted by Crippen LogP contribution is 2.22. The quantitative estimate of drug-likeness (QED) is 0.912. The highest BCUT2D eigenvalue weighted by molar-refractivity contribution is 5.87. The average molecular weight is 260 g/mol. The molecular weight excluding hydrogens is 247 g/mol. The maximum atomic E-state index is 12.8. The van der Waals surface area contributed by atoms with Gasteiger partial charge in [0.05, 0.1) is 5.56 Å². The van der Waals surface area contributed by atoms with Gasteiger partial charge in [0.25, 0.3) is 0 Å². The van der Waals surface area contributed by atoms with Crippen LogP contribution < -0.4 is 4.74 Å². The van der Waals surface area contributed by atoms with Gasteiger partial charge in [-0.15, -0.1) is 0 Å². The van der Waals surface area contributed by atoms with Crippen LogP contribution in [0, 0.1) is 5.82 Å². The molecule has 0 saturated carbocycles. The molecule has 0 aliphatic heterocycles. The number of carbonyl (C=O) groups is 1. The molecule has 4 heteroatoms. The molecule has 2 aromatic rings. The molecule has 1 N–H and O–H groups in total. The van der Waals surface area contributed by atoms with E-state index in [0.29, 0.717) is 5.75 Å². The van der Waals surface area contributed by atoms with Crippen LogP contribution in [0.5, 0.6) is 5.75 Å². The second-order valence-electron chi connectivity index (χ2n) is 4.14. The third kappa shape index (κ3) is 3.31. The third-order valence-electron chi connectivity index (χ3n) is 2.75. The Labute approximate surface area is 110 Å². The smallest absolute Gasteiger partial charge is 0.335 e. The van der Waals surface area contributed by atoms with Crippen molar-refractivity contribution in [1.82, 2.24) is 0 Å². The van der Waals surface area contributed by atoms with Gasteiger partial charge in [-0.05, 0) is 48.9 Å². The largest absolute Gasteiger partial charge is 0.486 e. The number of halogens is 1. The first-order valence-corrected chi connectivity index (χ1v) is 5.82. The predicted molar refractivity (Wildman–Crippen MR) is 68.8 cm³/mol. The van der Waals surface area contributed by atoms with Gasteiger partial charge in [-0.25, -0.2) is 9.18 Å². The van der Waals surface area contributed by atoms with E-state index in [1.807, 2.05) is 6.92 Å². The van der Waals surface area contributed by atoms with E-state index in [1.54, 1.807) is 24.3 Å². The van der Waals surface area contributed by atoms with Crippen LogP contribution in [-0.2, 0) is 0 Å². The van der Waals surface area contributed by atoms with Crippen LogP contribution in [0.15, 0.2) is 48.5 Å². The Kier molecular flexibility index (Phi) is 3.80. The van der Waals surface area contributed by atoms with E-state index in [9.17, 15) is 9.18 Å². The number of aromatic carboxylic acids is 1. The van der Waals surface area contributed by atoms with E-state index < -0.39 is 5.97 Å². The van der Waals surface area contributed by atoms with Crippen LogP contribution in [-0.4, -0.2) is 11.1 Å². The third-order valence-corrected chi connectivity index (χ3v) is 2.75. The maximum Gasteiger partial charge on any atom is 0.335 e. The summed E-state index contributed by atoms with van der Waals surface area (Å²) in [6.45, 7) is 1.85. The molecule has 0 saturated heterocycles. The molecule has 19 heavy (non-hydrogen) atoms. The highest BCUT2D eigenvalue weighted by atomic mass is 19.1. The van der Waals surface area contributed by atoms with Crippen molar-refractivity contribution in [2.45, 2.75) is 13.0 Å². The van der Waals surface area contributed by atoms with Crippen molar-refractivity contribution in [1.29, 1.82) is 0 Å². The molecule has 98 valence electrons. The highest BCUT2D eigenvalue weighted by Gasteiger charge is 2.09. The van der Waals surface area contributed by atoms with Gasteiger partial charge in [-0.1, -0.05) is 12.1 Å². The summed E-state index contributed by atoms with van der Waals surface area (Å²) in [5.41, 5.74) is 1.09. The molecule has 0 aliphatic rings. The van der Waals surface area contributed by atoms with E-state index in [-0.39, 0.29) is 17.5 Å². The Balaban J connectivity index is 2.09. The lowest BCUT2D eigenvalue weighted by molar-refractivity contribution is 0.0696. The molecule has 0 radical (unpaired) electrons. The van der Waals surface area contributed by atoms with E-state index in [0.717, 1.165) is 5.56 Å². The zero-order valence-electron chi connectivity index (χ0n) is 10.3. The monoisotopic (exact) mass is 260 g/mol. The molecule has 0 fully saturated rings. The second-order valence-corrected chi connectivity index (χ2v) is 4.14. The SMILES string of the molecule is CC(Oc1ccc(F)cc1)c1ccc(C(=O)O)cc1. The van der Waals surface area contributed by atoms with Crippen LogP contribution in [0.4, 0.5) is 4.39 Å². The lowest BCUT2D eigenvalue weighted by atomic mass is 10.1. The minimum Gasteiger partial charge on any atom is -0.486 e. The second kappa shape index (κ2) is 5.52. The Hall–Kier alpha value is -2.36. The Bertz CT molecular complexity index is 561. The summed E-state index contributed by atoms with van der Waals surface area (Å²) < 4.78 is 18.4. The lowest BCUT2D eigenvalue weighted by Gasteiger charge is -2.15. The van der Waals surface area contributed by atoms with Gasteiger partial charge in [0, 0.05) is 0 Å². The summed E-state index contributed by atoms with van der Waals surface area (Å²) >= 11 is 0. The Morgan fingerprint density at radius 1 is 1.11 bits per heavy atom. The summed E-state index contributed by atoms with van der Waals surface area (Å²) in [5, 5.41) is 8.81. The van der Waals surface area contributed by atoms with Crippen molar-refractivity contribution < 1.29 is 19.0 Å². The first-order valence-electron chi connectivity index (χ1n) is 5.82. The topological polar surface area (TPSA) is 46.5 Å². The summed E-state index contributed by atoms with van der Waals surface area (Å²) in [7, 11) is 0. The molecule has 0 bridgehead atoms. The molecule has 0 heterocycles. The van der Waals surface area contributed by atoms with Gasteiger partial charge in [0.2, 0.25) is 0 Å². The molecule has 0 spiro atoms. The van der Waals surface area contributed by atoms with Gasteiger partial charge in [0.1, 0.15) is 17.7 Å². The molecule has 0 aromatic heterocycles. The minimum atomic E-state index is -0.960. The van der Waals surface area contributed by atoms with Crippen molar-refractivity contribution in [2.75, 3.05) is 0 Å². The number of carboxylic acids is 1. The summed E-state index contributed by atoms with van der Waals surface area (Å²) in [6, 6.07) is 12.2. The minimum absolute atomic E-state index is 0.234. The number of ether oxygens (including phenoxy) is 1. The molecule has 0 amide bonds. The van der Waals surface area contributed by atoms with Crippen LogP contribution in [0.3, 0.4) is 0 Å². The molecule has 2 rings (SSSR count). The van der Waals surface area contributed by atoms with Gasteiger partial charge in [-0.3, -0.25) is 0 Å². The van der Waals surface area contributed by atoms with Gasteiger partial charge >= 0.3 is 5.97 Å². The number of rotatable bonds is 4. The first kappa shape index (κ1) is 13.1. The zero-order valence-corrected chi connectivity index (χ0v) is 10.3. The van der Waals surface area contributed by atoms with Crippen LogP contribution in [0.2, 0.25) is 0 Å². The van der Waals surface area contributed by atoms with Crippen LogP contribution in [0.1, 0.15) is 28.9 Å². The first-order chi connectivity index (χ1) is 9.06. The van der Waals surface area contributed by atoms with Crippen LogP contribution in [0.25, 0.3) is 0 Å². The number of benzene rings is 2. The fourth-order valence-corrected chi connectivity index (χ4v) is 1.68. The summed E-state index contributed by atoms with van der Waals surface area (Å²) in [5.74, 6) is -0.708. The normalized spacial score (nSPS) is 11.9. The molecule has 2 aromatic carbocycles. The fraction of sp³-hybridized carbons (Fsp3) is 0.133. The fourth-order valence-electron chi connectivity index (χ4n) is 1.68. The molecular formula is C15H13FO3. The van der Waals surface area contributed by atoms with Crippen molar-refractivity contribution in [3.8, 4) is 5.75 Å². The molecule has 1 unspecified atom stereocenters. The van der Waals surface area contributed by atoms with E-state index in [1.165, 1.54) is 24.3 Å². The van der Waals surface area contributed by atoms with Crippen molar-refractivity contribution in [3.63, 3.8) is 0 Å². The van der Waals surface area contributed by atoms with E-state index in [2.05, 4.69) is 0 Å². The Morgan fingerprint density at radius 2 is 1.68 bits per heavy atom. The van der Waals surface area contributed by atoms with Gasteiger partial charge in [-0.2, -0.15) is 0 Å². The van der Waals surface area contributed by atoms with Gasteiger partial charge < -0.3 is 9.84 Å². The number of hydrogen-bond donors (Lipinski definition) is 1. The standard InChI is InChI=1S/C15H13FO3/c1-10(19-14-8-6-13(16)7-9-14)11-2-4-12(5-3-11)15(17)18/h2-10H,1H3,(H,17,18). The number of hydrogen-bond acceptors (Lipinski definition) is 2. The predicted octanol–water partition coefficient (Wildman–Crippen LogP) is 3.66. The van der Waals surface area contributed by atoms with Crippen LogP contribution >= 0.6 is 0 Å². The molecule has 1 atom stereocenters. The van der Waals surface area contributed by atoms with E-state index >= 15 is 0 Å². The zero-order chi connectivity index (χ0) is 13.8. The molecule has 0 aliphatic carbocycles. The Morgan fingerprint density at radius 3 is 2.21 bits per heavy atom. The summed E-state index contributed by atoms with van der Waals surface area (Å²) in [4.78, 5) is 10.7. The maximum absolute atomic E-state index is 12.8. The lowest BCUT2D eigenvalue weighted by Crippen LogP contribution is -2.04. The van der Waals surface area contributed by atoms with E-state index in [4.69, 9.17) is 9.84 Å². The van der Waals surface area contributed by atoms with Crippen molar-refractivity contribution in [2.24, 2.45) is 0 Å². The van der Waals surface area contributed by atoms with Crippen molar-refractivity contribution in [3.05, 3.63) is 65.5 Å². The van der Waals surface area contributed by atoms with Gasteiger partial charge in [0.15, 0.2) is 0 Å². The summed E-state index contributed by atoms with van der Waals surface area (Å²) in [6.07, 6.45) is -0.242. The number of carboxylic acid groups (broad SMARTS) is 1.